The third kappa shape index (κ3) is 5.60. The Kier molecular flexibility index (Phi) is 7.86. The number of nitrogens with one attached hydrogen (secondary N) is 1. The number of hydrogen-bond donors (Lipinski definition) is 2. The fourth-order valence-corrected chi connectivity index (χ4v) is 3.31. The number of carbonyl (C=O) groups is 1. The first-order chi connectivity index (χ1) is 16.0. The number of aryl methyl sites for hydroxylation is 1. The van der Waals surface area contributed by atoms with E-state index in [-0.39, 0.29) is 23.1 Å². The topological polar surface area (TPSA) is 115 Å². The van der Waals surface area contributed by atoms with Gasteiger partial charge in [-0.3, -0.25) is 4.79 Å². The minimum Gasteiger partial charge on any atom is -0.490 e. The van der Waals surface area contributed by atoms with Gasteiger partial charge in [-0.1, -0.05) is 0 Å². The Hall–Kier alpha value is -4.06. The molecule has 3 N–H and O–H groups in total. The second-order valence-electron chi connectivity index (χ2n) is 7.09. The molecule has 0 saturated carbocycles. The van der Waals surface area contributed by atoms with Crippen LogP contribution in [0, 0.1) is 17.1 Å². The maximum Gasteiger partial charge on any atom is 0.251 e. The number of nitrogen functional groups attached to an aromatic ring is 1. The van der Waals surface area contributed by atoms with Crippen molar-refractivity contribution in [3.05, 3.63) is 65.1 Å². The maximum absolute atomic E-state index is 13.2. The van der Waals surface area contributed by atoms with Gasteiger partial charge in [-0.2, -0.15) is 10.4 Å². The van der Waals surface area contributed by atoms with Crippen molar-refractivity contribution >= 4 is 11.7 Å². The number of ether oxygens (including phenoxy) is 2. The fraction of sp³-hybridized carbons (Fsp3) is 0.292. The molecule has 3 aromatic rings. The lowest BCUT2D eigenvalue weighted by Gasteiger charge is -2.12. The molecule has 0 bridgehead atoms. The number of hydrogen-bond acceptors (Lipinski definition) is 6. The summed E-state index contributed by atoms with van der Waals surface area (Å²) in [6, 6.07) is 12.8. The van der Waals surface area contributed by atoms with E-state index in [0.717, 1.165) is 0 Å². The smallest absolute Gasteiger partial charge is 0.251 e. The van der Waals surface area contributed by atoms with Crippen LogP contribution >= 0.6 is 0 Å². The highest BCUT2D eigenvalue weighted by Gasteiger charge is 2.17. The van der Waals surface area contributed by atoms with Gasteiger partial charge in [0.1, 0.15) is 23.3 Å². The van der Waals surface area contributed by atoms with Crippen molar-refractivity contribution in [1.29, 1.82) is 5.26 Å². The van der Waals surface area contributed by atoms with E-state index in [9.17, 15) is 14.4 Å². The highest BCUT2D eigenvalue weighted by molar-refractivity contribution is 5.94. The van der Waals surface area contributed by atoms with Gasteiger partial charge < -0.3 is 20.5 Å². The van der Waals surface area contributed by atoms with Crippen molar-refractivity contribution in [3.63, 3.8) is 0 Å². The van der Waals surface area contributed by atoms with Crippen molar-refractivity contribution in [1.82, 2.24) is 15.1 Å². The Bertz CT molecular complexity index is 1150. The van der Waals surface area contributed by atoms with Gasteiger partial charge in [0.05, 0.1) is 24.6 Å². The Labute approximate surface area is 191 Å². The first-order valence-corrected chi connectivity index (χ1v) is 10.7. The van der Waals surface area contributed by atoms with Crippen LogP contribution in [-0.4, -0.2) is 35.4 Å². The van der Waals surface area contributed by atoms with E-state index in [0.29, 0.717) is 61.0 Å². The highest BCUT2D eigenvalue weighted by Crippen LogP contribution is 2.28. The zero-order valence-corrected chi connectivity index (χ0v) is 18.6. The Balaban J connectivity index is 1.62. The molecule has 0 atom stereocenters. The molecule has 2 aromatic carbocycles. The van der Waals surface area contributed by atoms with Crippen molar-refractivity contribution in [3.8, 4) is 23.3 Å². The van der Waals surface area contributed by atoms with Crippen LogP contribution in [0.4, 0.5) is 10.2 Å². The molecule has 0 unspecified atom stereocenters. The normalized spacial score (nSPS) is 10.5. The van der Waals surface area contributed by atoms with E-state index in [1.54, 1.807) is 18.2 Å². The van der Waals surface area contributed by atoms with Crippen LogP contribution in [0.1, 0.15) is 41.9 Å². The Morgan fingerprint density at radius 1 is 1.15 bits per heavy atom. The summed E-state index contributed by atoms with van der Waals surface area (Å²) < 4.78 is 25.7. The third-order valence-corrected chi connectivity index (χ3v) is 4.86. The molecule has 0 aliphatic carbocycles. The number of aromatic nitrogens is 2. The van der Waals surface area contributed by atoms with E-state index in [1.807, 2.05) is 13.8 Å². The first kappa shape index (κ1) is 23.6. The van der Waals surface area contributed by atoms with Crippen molar-refractivity contribution in [2.24, 2.45) is 0 Å². The van der Waals surface area contributed by atoms with Gasteiger partial charge in [-0.15, -0.1) is 0 Å². The van der Waals surface area contributed by atoms with Crippen LogP contribution in [0.15, 0.2) is 42.5 Å². The summed E-state index contributed by atoms with van der Waals surface area (Å²) in [6.45, 7) is 5.08. The zero-order valence-electron chi connectivity index (χ0n) is 18.6. The minimum absolute atomic E-state index is 0.195. The largest absolute Gasteiger partial charge is 0.490 e. The standard InChI is InChI=1S/C24H26FN5O3/c1-3-32-21-12-7-16(14-22(21)33-4-2)24(31)28-13-5-6-20-19(15-26)23(27)30(29-20)18-10-8-17(25)9-11-18/h7-12,14H,3-6,13,27H2,1-2H3,(H,28,31). The lowest BCUT2D eigenvalue weighted by atomic mass is 10.1. The van der Waals surface area contributed by atoms with E-state index < -0.39 is 0 Å². The number of nitriles is 1. The molecule has 0 fully saturated rings. The monoisotopic (exact) mass is 451 g/mol. The number of carbonyl (C=O) groups excluding carboxylic acids is 1. The van der Waals surface area contributed by atoms with Gasteiger partial charge in [0.15, 0.2) is 11.5 Å². The predicted molar refractivity (Wildman–Crippen MR) is 122 cm³/mol. The summed E-state index contributed by atoms with van der Waals surface area (Å²) in [5, 5.41) is 16.8. The predicted octanol–water partition coefficient (Wildman–Crippen LogP) is 3.63. The van der Waals surface area contributed by atoms with Crippen molar-refractivity contribution in [2.75, 3.05) is 25.5 Å². The maximum atomic E-state index is 13.2. The number of nitrogens with two attached hydrogens (primary N) is 1. The van der Waals surface area contributed by atoms with E-state index in [1.165, 1.54) is 28.9 Å². The van der Waals surface area contributed by atoms with Crippen LogP contribution < -0.4 is 20.5 Å². The molecule has 0 saturated heterocycles. The molecular weight excluding hydrogens is 425 g/mol. The molecule has 0 aliphatic heterocycles. The number of rotatable bonds is 10. The third-order valence-electron chi connectivity index (χ3n) is 4.86. The molecular formula is C24H26FN5O3. The van der Waals surface area contributed by atoms with Crippen LogP contribution in [0.5, 0.6) is 11.5 Å². The first-order valence-electron chi connectivity index (χ1n) is 10.7. The van der Waals surface area contributed by atoms with Gasteiger partial charge >= 0.3 is 0 Å². The Morgan fingerprint density at radius 2 is 1.85 bits per heavy atom. The average molecular weight is 452 g/mol. The van der Waals surface area contributed by atoms with E-state index >= 15 is 0 Å². The molecule has 8 nitrogen and oxygen atoms in total. The summed E-state index contributed by atoms with van der Waals surface area (Å²) in [5.41, 5.74) is 7.90. The van der Waals surface area contributed by atoms with Crippen LogP contribution in [0.3, 0.4) is 0 Å². The summed E-state index contributed by atoms with van der Waals surface area (Å²) in [5.74, 6) is 0.695. The second-order valence-corrected chi connectivity index (χ2v) is 7.09. The van der Waals surface area contributed by atoms with Crippen molar-refractivity contribution in [2.45, 2.75) is 26.7 Å². The molecule has 0 spiro atoms. The van der Waals surface area contributed by atoms with E-state index in [2.05, 4.69) is 16.5 Å². The molecule has 9 heteroatoms. The summed E-state index contributed by atoms with van der Waals surface area (Å²) >= 11 is 0. The van der Waals surface area contributed by atoms with Crippen LogP contribution in [0.2, 0.25) is 0 Å². The molecule has 3 rings (SSSR count). The number of halogens is 1. The fourth-order valence-electron chi connectivity index (χ4n) is 3.31. The van der Waals surface area contributed by atoms with E-state index in [4.69, 9.17) is 15.2 Å². The number of benzene rings is 2. The second kappa shape index (κ2) is 11.0. The van der Waals surface area contributed by atoms with Gasteiger partial charge in [0.2, 0.25) is 0 Å². The van der Waals surface area contributed by atoms with Crippen LogP contribution in [-0.2, 0) is 6.42 Å². The molecule has 1 heterocycles. The molecule has 172 valence electrons. The zero-order chi connectivity index (χ0) is 23.8. The molecule has 1 aromatic heterocycles. The lowest BCUT2D eigenvalue weighted by Crippen LogP contribution is -2.25. The summed E-state index contributed by atoms with van der Waals surface area (Å²) in [7, 11) is 0. The molecule has 0 aliphatic rings. The SMILES string of the molecule is CCOc1ccc(C(=O)NCCCc2nn(-c3ccc(F)cc3)c(N)c2C#N)cc1OCC. The summed E-state index contributed by atoms with van der Waals surface area (Å²) in [4.78, 5) is 12.5. The Morgan fingerprint density at radius 3 is 2.52 bits per heavy atom. The summed E-state index contributed by atoms with van der Waals surface area (Å²) in [6.07, 6.45) is 0.991. The average Bonchev–Trinajstić information content (AvgIpc) is 3.13. The van der Waals surface area contributed by atoms with Gasteiger partial charge in [0.25, 0.3) is 5.91 Å². The van der Waals surface area contributed by atoms with Gasteiger partial charge in [-0.25, -0.2) is 9.07 Å². The molecule has 1 amide bonds. The van der Waals surface area contributed by atoms with Gasteiger partial charge in [0, 0.05) is 12.1 Å². The number of amides is 1. The minimum atomic E-state index is -0.373. The highest BCUT2D eigenvalue weighted by atomic mass is 19.1. The lowest BCUT2D eigenvalue weighted by molar-refractivity contribution is 0.0952. The van der Waals surface area contributed by atoms with Crippen molar-refractivity contribution < 1.29 is 18.7 Å². The number of anilines is 1. The number of nitrogens with zero attached hydrogens (tertiary/aromatic N) is 3. The molecule has 0 radical (unpaired) electrons. The van der Waals surface area contributed by atoms with Crippen LogP contribution in [0.25, 0.3) is 5.69 Å². The molecule has 33 heavy (non-hydrogen) atoms. The quantitative estimate of drug-likeness (QED) is 0.455. The van der Waals surface area contributed by atoms with Gasteiger partial charge in [-0.05, 0) is 69.2 Å².